The molecule has 1 aromatic carbocycles. The number of anilines is 1. The Bertz CT molecular complexity index is 862. The Hall–Kier alpha value is -1.50. The maximum absolute atomic E-state index is 12.6. The summed E-state index contributed by atoms with van der Waals surface area (Å²) in [5, 5.41) is 4.22. The summed E-state index contributed by atoms with van der Waals surface area (Å²) in [5.41, 5.74) is 0.652. The highest BCUT2D eigenvalue weighted by Gasteiger charge is 2.34. The predicted molar refractivity (Wildman–Crippen MR) is 97.4 cm³/mol. The molecule has 126 valence electrons. The molecule has 5 nitrogen and oxygen atoms in total. The Morgan fingerprint density at radius 3 is 2.58 bits per heavy atom. The summed E-state index contributed by atoms with van der Waals surface area (Å²) in [6.07, 6.45) is 0.105. The number of nitrogens with zero attached hydrogens (tertiary/aromatic N) is 2. The van der Waals surface area contributed by atoms with Crippen molar-refractivity contribution in [1.82, 2.24) is 9.55 Å². The van der Waals surface area contributed by atoms with Crippen molar-refractivity contribution in [1.29, 1.82) is 0 Å². The lowest BCUT2D eigenvalue weighted by Crippen LogP contribution is -2.33. The molecule has 0 saturated heterocycles. The van der Waals surface area contributed by atoms with Gasteiger partial charge in [0.2, 0.25) is 5.91 Å². The number of hydrogen-bond acceptors (Lipinski definition) is 4. The molecule has 24 heavy (non-hydrogen) atoms. The number of rotatable bonds is 3. The van der Waals surface area contributed by atoms with Crippen molar-refractivity contribution in [3.8, 4) is 0 Å². The van der Waals surface area contributed by atoms with Crippen LogP contribution in [0.25, 0.3) is 0 Å². The van der Waals surface area contributed by atoms with Gasteiger partial charge in [-0.25, -0.2) is 0 Å². The summed E-state index contributed by atoms with van der Waals surface area (Å²) in [7, 11) is 1.78. The van der Waals surface area contributed by atoms with Crippen LogP contribution in [0.1, 0.15) is 30.4 Å². The molecule has 0 radical (unpaired) electrons. The first-order valence-corrected chi connectivity index (χ1v) is 9.15. The highest BCUT2D eigenvalue weighted by atomic mass is 35.5. The number of thioether (sulfide) groups is 1. The number of benzene rings is 1. The van der Waals surface area contributed by atoms with Crippen LogP contribution in [0.4, 0.5) is 5.82 Å². The number of aromatic nitrogens is 2. The summed E-state index contributed by atoms with van der Waals surface area (Å²) in [4.78, 5) is 29.0. The monoisotopic (exact) mass is 383 g/mol. The Balaban J connectivity index is 2.26. The lowest BCUT2D eigenvalue weighted by Gasteiger charge is -2.28. The van der Waals surface area contributed by atoms with Crippen LogP contribution in [0, 0.1) is 0 Å². The van der Waals surface area contributed by atoms with E-state index in [1.165, 1.54) is 11.8 Å². The van der Waals surface area contributed by atoms with Gasteiger partial charge in [-0.3, -0.25) is 9.59 Å². The van der Waals surface area contributed by atoms with Crippen molar-refractivity contribution >= 4 is 46.7 Å². The fourth-order valence-corrected chi connectivity index (χ4v) is 4.24. The lowest BCUT2D eigenvalue weighted by molar-refractivity contribution is -0.116. The molecule has 0 fully saturated rings. The minimum absolute atomic E-state index is 0.105. The summed E-state index contributed by atoms with van der Waals surface area (Å²) in [6.45, 7) is 1.97. The number of hydrogen-bond donors (Lipinski definition) is 1. The van der Waals surface area contributed by atoms with E-state index in [-0.39, 0.29) is 17.9 Å². The van der Waals surface area contributed by atoms with E-state index in [1.54, 1.807) is 29.8 Å². The van der Waals surface area contributed by atoms with Gasteiger partial charge in [0.1, 0.15) is 5.82 Å². The average molecular weight is 384 g/mol. The molecule has 1 aliphatic heterocycles. The van der Waals surface area contributed by atoms with Crippen molar-refractivity contribution in [3.05, 3.63) is 49.7 Å². The molecule has 1 N–H and O–H groups in total. The van der Waals surface area contributed by atoms with Gasteiger partial charge in [0, 0.05) is 29.4 Å². The third-order valence-corrected chi connectivity index (χ3v) is 5.49. The van der Waals surface area contributed by atoms with Crippen LogP contribution in [0.5, 0.6) is 0 Å². The highest BCUT2D eigenvalue weighted by Crippen LogP contribution is 2.41. The van der Waals surface area contributed by atoms with E-state index in [2.05, 4.69) is 10.3 Å². The summed E-state index contributed by atoms with van der Waals surface area (Å²) < 4.78 is 1.74. The number of fused-ring (bicyclic) bond motifs is 1. The molecular formula is C16H15Cl2N3O2S. The minimum atomic E-state index is -0.512. The van der Waals surface area contributed by atoms with Crippen LogP contribution < -0.4 is 10.9 Å². The number of carbonyl (C=O) groups excluding carboxylic acids is 1. The number of carbonyl (C=O) groups is 1. The third kappa shape index (κ3) is 2.94. The van der Waals surface area contributed by atoms with Crippen LogP contribution in [-0.2, 0) is 11.8 Å². The largest absolute Gasteiger partial charge is 0.312 e. The van der Waals surface area contributed by atoms with Crippen molar-refractivity contribution in [2.75, 3.05) is 11.1 Å². The Morgan fingerprint density at radius 1 is 1.29 bits per heavy atom. The highest BCUT2D eigenvalue weighted by molar-refractivity contribution is 7.99. The third-order valence-electron chi connectivity index (χ3n) is 3.92. The fourth-order valence-electron chi connectivity index (χ4n) is 2.88. The Kier molecular flexibility index (Phi) is 4.90. The molecule has 1 unspecified atom stereocenters. The number of halogens is 2. The minimum Gasteiger partial charge on any atom is -0.312 e. The lowest BCUT2D eigenvalue weighted by atomic mass is 9.86. The molecule has 2 heterocycles. The van der Waals surface area contributed by atoms with E-state index in [0.29, 0.717) is 32.1 Å². The number of nitrogens with one attached hydrogen (secondary N) is 1. The van der Waals surface area contributed by atoms with Gasteiger partial charge in [0.15, 0.2) is 5.16 Å². The second-order valence-corrected chi connectivity index (χ2v) is 7.44. The molecule has 0 saturated carbocycles. The van der Waals surface area contributed by atoms with E-state index in [4.69, 9.17) is 23.2 Å². The summed E-state index contributed by atoms with van der Waals surface area (Å²) >= 11 is 14.0. The summed E-state index contributed by atoms with van der Waals surface area (Å²) in [5.74, 6) is 0.536. The maximum Gasteiger partial charge on any atom is 0.279 e. The van der Waals surface area contributed by atoms with Gasteiger partial charge < -0.3 is 9.88 Å². The van der Waals surface area contributed by atoms with Gasteiger partial charge in [-0.2, -0.15) is 4.98 Å². The van der Waals surface area contributed by atoms with Gasteiger partial charge in [-0.05, 0) is 23.4 Å². The molecule has 2 aromatic rings. The van der Waals surface area contributed by atoms with Crippen molar-refractivity contribution in [2.45, 2.75) is 24.4 Å². The van der Waals surface area contributed by atoms with Gasteiger partial charge in [0.05, 0.1) is 5.56 Å². The van der Waals surface area contributed by atoms with Gasteiger partial charge in [0.25, 0.3) is 5.56 Å². The topological polar surface area (TPSA) is 64.0 Å². The molecule has 0 bridgehead atoms. The Labute approximate surface area is 153 Å². The van der Waals surface area contributed by atoms with Crippen LogP contribution in [-0.4, -0.2) is 21.2 Å². The molecular weight excluding hydrogens is 369 g/mol. The Morgan fingerprint density at radius 2 is 1.96 bits per heavy atom. The zero-order chi connectivity index (χ0) is 17.4. The molecule has 3 rings (SSSR count). The smallest absolute Gasteiger partial charge is 0.279 e. The second kappa shape index (κ2) is 6.78. The number of amides is 1. The first-order valence-electron chi connectivity index (χ1n) is 7.41. The van der Waals surface area contributed by atoms with Gasteiger partial charge >= 0.3 is 0 Å². The zero-order valence-corrected chi connectivity index (χ0v) is 15.4. The molecule has 1 aromatic heterocycles. The molecule has 1 aliphatic rings. The van der Waals surface area contributed by atoms with Crippen LogP contribution in [0.3, 0.4) is 0 Å². The van der Waals surface area contributed by atoms with Crippen molar-refractivity contribution < 1.29 is 4.79 Å². The molecule has 8 heteroatoms. The van der Waals surface area contributed by atoms with E-state index in [1.807, 2.05) is 6.92 Å². The predicted octanol–water partition coefficient (Wildman–Crippen LogP) is 3.67. The molecule has 1 atom stereocenters. The van der Waals surface area contributed by atoms with Crippen LogP contribution in [0.15, 0.2) is 28.2 Å². The fraction of sp³-hybridized carbons (Fsp3) is 0.312. The van der Waals surface area contributed by atoms with E-state index >= 15 is 0 Å². The second-order valence-electron chi connectivity index (χ2n) is 5.39. The zero-order valence-electron chi connectivity index (χ0n) is 13.1. The summed E-state index contributed by atoms with van der Waals surface area (Å²) in [6, 6.07) is 5.14. The van der Waals surface area contributed by atoms with E-state index < -0.39 is 5.92 Å². The van der Waals surface area contributed by atoms with Crippen molar-refractivity contribution in [3.63, 3.8) is 0 Å². The quantitative estimate of drug-likeness (QED) is 0.648. The maximum atomic E-state index is 12.6. The normalized spacial score (nSPS) is 16.7. The SMILES string of the molecule is CCSc1nc(=O)c2c(n1C)NC(=O)CC2c1c(Cl)cccc1Cl. The molecule has 0 spiro atoms. The van der Waals surface area contributed by atoms with E-state index in [9.17, 15) is 9.59 Å². The molecule has 0 aliphatic carbocycles. The van der Waals surface area contributed by atoms with Crippen molar-refractivity contribution in [2.24, 2.45) is 7.05 Å². The molecule has 1 amide bonds. The first-order chi connectivity index (χ1) is 11.4. The average Bonchev–Trinajstić information content (AvgIpc) is 2.52. The standard InChI is InChI=1S/C16H15Cl2N3O2S/c1-3-24-16-20-15(23)13-8(7-11(22)19-14(13)21(16)2)12-9(17)5-4-6-10(12)18/h4-6,8H,3,7H2,1-2H3,(H,19,22). The van der Waals surface area contributed by atoms with Crippen LogP contribution in [0.2, 0.25) is 10.0 Å². The van der Waals surface area contributed by atoms with Gasteiger partial charge in [-0.1, -0.05) is 48.0 Å². The van der Waals surface area contributed by atoms with Gasteiger partial charge in [-0.15, -0.1) is 0 Å². The first kappa shape index (κ1) is 17.3. The van der Waals surface area contributed by atoms with Crippen LogP contribution >= 0.6 is 35.0 Å². The van der Waals surface area contributed by atoms with E-state index in [0.717, 1.165) is 5.75 Å².